The van der Waals surface area contributed by atoms with Gasteiger partial charge in [-0.25, -0.2) is 4.68 Å². The monoisotopic (exact) mass is 421 g/mol. The Kier molecular flexibility index (Phi) is 5.95. The molecule has 4 rings (SSSR count). The van der Waals surface area contributed by atoms with E-state index in [2.05, 4.69) is 16.5 Å². The summed E-state index contributed by atoms with van der Waals surface area (Å²) in [6.45, 7) is 5.99. The SMILES string of the molecule is COc1cc2c(cc1OC)C[NH+](CC(=O)Nc1c(C)nn(-c3ccccc3)c1C)CC2. The van der Waals surface area contributed by atoms with Crippen molar-refractivity contribution in [3.63, 3.8) is 0 Å². The number of nitrogens with one attached hydrogen (secondary N) is 2. The number of hydrogen-bond donors (Lipinski definition) is 2. The molecule has 1 amide bonds. The summed E-state index contributed by atoms with van der Waals surface area (Å²) in [4.78, 5) is 14.1. The molecule has 1 unspecified atom stereocenters. The Balaban J connectivity index is 1.45. The van der Waals surface area contributed by atoms with Crippen molar-refractivity contribution in [3.05, 3.63) is 65.0 Å². The number of benzene rings is 2. The maximum Gasteiger partial charge on any atom is 0.279 e. The smallest absolute Gasteiger partial charge is 0.279 e. The number of carbonyl (C=O) groups is 1. The third-order valence-corrected chi connectivity index (χ3v) is 5.86. The molecule has 7 nitrogen and oxygen atoms in total. The van der Waals surface area contributed by atoms with E-state index in [9.17, 15) is 4.79 Å². The highest BCUT2D eigenvalue weighted by Crippen LogP contribution is 2.31. The van der Waals surface area contributed by atoms with E-state index in [1.807, 2.05) is 54.9 Å². The van der Waals surface area contributed by atoms with Crippen LogP contribution in [0.4, 0.5) is 5.69 Å². The number of aromatic nitrogens is 2. The van der Waals surface area contributed by atoms with E-state index in [4.69, 9.17) is 9.47 Å². The molecule has 2 heterocycles. The molecule has 0 radical (unpaired) electrons. The first-order valence-electron chi connectivity index (χ1n) is 10.5. The number of quaternary nitrogens is 1. The molecule has 3 aromatic rings. The van der Waals surface area contributed by atoms with Crippen molar-refractivity contribution in [2.75, 3.05) is 32.6 Å². The summed E-state index contributed by atoms with van der Waals surface area (Å²) in [6, 6.07) is 14.0. The van der Waals surface area contributed by atoms with Crippen molar-refractivity contribution in [3.8, 4) is 17.2 Å². The zero-order valence-electron chi connectivity index (χ0n) is 18.5. The number of anilines is 1. The number of hydrogen-bond acceptors (Lipinski definition) is 4. The molecule has 1 aromatic heterocycles. The third kappa shape index (κ3) is 4.27. The first-order valence-corrected chi connectivity index (χ1v) is 10.5. The first kappa shape index (κ1) is 20.9. The number of aryl methyl sites for hydroxylation is 1. The summed E-state index contributed by atoms with van der Waals surface area (Å²) < 4.78 is 12.7. The van der Waals surface area contributed by atoms with Crippen LogP contribution in [0.5, 0.6) is 11.5 Å². The first-order chi connectivity index (χ1) is 15.0. The molecule has 0 spiro atoms. The fourth-order valence-corrected chi connectivity index (χ4v) is 4.24. The average Bonchev–Trinajstić information content (AvgIpc) is 3.06. The van der Waals surface area contributed by atoms with Gasteiger partial charge in [-0.1, -0.05) is 18.2 Å². The zero-order chi connectivity index (χ0) is 22.0. The van der Waals surface area contributed by atoms with Gasteiger partial charge in [-0.05, 0) is 43.7 Å². The predicted molar refractivity (Wildman–Crippen MR) is 119 cm³/mol. The minimum absolute atomic E-state index is 0.00209. The maximum atomic E-state index is 12.9. The van der Waals surface area contributed by atoms with Crippen LogP contribution in [0.25, 0.3) is 5.69 Å². The molecule has 0 aliphatic carbocycles. The van der Waals surface area contributed by atoms with E-state index in [1.165, 1.54) is 16.0 Å². The van der Waals surface area contributed by atoms with E-state index >= 15 is 0 Å². The van der Waals surface area contributed by atoms with Gasteiger partial charge in [-0.15, -0.1) is 0 Å². The van der Waals surface area contributed by atoms with Crippen molar-refractivity contribution < 1.29 is 19.2 Å². The highest BCUT2D eigenvalue weighted by Gasteiger charge is 2.25. The number of methoxy groups -OCH3 is 2. The number of carbonyl (C=O) groups excluding carboxylic acids is 1. The van der Waals surface area contributed by atoms with E-state index in [0.717, 1.165) is 53.8 Å². The van der Waals surface area contributed by atoms with Crippen molar-refractivity contribution >= 4 is 11.6 Å². The summed E-state index contributed by atoms with van der Waals surface area (Å²) in [5.74, 6) is 1.48. The summed E-state index contributed by atoms with van der Waals surface area (Å²) in [6.07, 6.45) is 0.905. The summed E-state index contributed by atoms with van der Waals surface area (Å²) >= 11 is 0. The van der Waals surface area contributed by atoms with Crippen molar-refractivity contribution in [1.82, 2.24) is 9.78 Å². The van der Waals surface area contributed by atoms with Crippen LogP contribution in [0.15, 0.2) is 42.5 Å². The van der Waals surface area contributed by atoms with E-state index < -0.39 is 0 Å². The molecule has 0 fully saturated rings. The van der Waals surface area contributed by atoms with Crippen LogP contribution in [0.1, 0.15) is 22.5 Å². The standard InChI is InChI=1S/C24H28N4O3/c1-16-24(17(2)28(26-16)20-8-6-5-7-9-20)25-23(29)15-27-11-10-18-12-21(30-3)22(31-4)13-19(18)14-27/h5-9,12-13H,10-11,14-15H2,1-4H3,(H,25,29)/p+1. The Morgan fingerprint density at radius 3 is 2.45 bits per heavy atom. The highest BCUT2D eigenvalue weighted by atomic mass is 16.5. The topological polar surface area (TPSA) is 69.8 Å². The molecule has 1 atom stereocenters. The molecule has 2 N–H and O–H groups in total. The Hall–Kier alpha value is -3.32. The number of nitrogens with zero attached hydrogens (tertiary/aromatic N) is 2. The van der Waals surface area contributed by atoms with Gasteiger partial charge in [-0.2, -0.15) is 5.10 Å². The lowest BCUT2D eigenvalue weighted by atomic mass is 9.99. The van der Waals surface area contributed by atoms with Crippen LogP contribution in [-0.2, 0) is 17.8 Å². The Bertz CT molecular complexity index is 1090. The van der Waals surface area contributed by atoms with Gasteiger partial charge in [0.05, 0.1) is 43.5 Å². The van der Waals surface area contributed by atoms with Gasteiger partial charge in [0.15, 0.2) is 18.0 Å². The predicted octanol–water partition coefficient (Wildman–Crippen LogP) is 2.09. The van der Waals surface area contributed by atoms with E-state index in [0.29, 0.717) is 6.54 Å². The van der Waals surface area contributed by atoms with Crippen LogP contribution in [0.2, 0.25) is 0 Å². The van der Waals surface area contributed by atoms with Crippen LogP contribution >= 0.6 is 0 Å². The summed E-state index contributed by atoms with van der Waals surface area (Å²) in [5, 5.41) is 7.71. The van der Waals surface area contributed by atoms with Crippen molar-refractivity contribution in [2.24, 2.45) is 0 Å². The Morgan fingerprint density at radius 2 is 1.77 bits per heavy atom. The fraction of sp³-hybridized carbons (Fsp3) is 0.333. The van der Waals surface area contributed by atoms with Crippen LogP contribution < -0.4 is 19.7 Å². The highest BCUT2D eigenvalue weighted by molar-refractivity contribution is 5.92. The van der Waals surface area contributed by atoms with E-state index in [-0.39, 0.29) is 5.91 Å². The van der Waals surface area contributed by atoms with Gasteiger partial charge in [0.1, 0.15) is 6.54 Å². The van der Waals surface area contributed by atoms with Gasteiger partial charge in [0.25, 0.3) is 5.91 Å². The molecule has 0 saturated carbocycles. The van der Waals surface area contributed by atoms with Crippen LogP contribution in [0, 0.1) is 13.8 Å². The molecule has 7 heteroatoms. The minimum atomic E-state index is -0.00209. The molecule has 162 valence electrons. The van der Waals surface area contributed by atoms with Crippen LogP contribution in [0.3, 0.4) is 0 Å². The lowest BCUT2D eigenvalue weighted by molar-refractivity contribution is -0.907. The number of rotatable bonds is 6. The van der Waals surface area contributed by atoms with Gasteiger partial charge in [0, 0.05) is 12.0 Å². The van der Waals surface area contributed by atoms with Gasteiger partial charge in [-0.3, -0.25) is 4.79 Å². The minimum Gasteiger partial charge on any atom is -0.493 e. The quantitative estimate of drug-likeness (QED) is 0.640. The lowest BCUT2D eigenvalue weighted by Gasteiger charge is -2.26. The van der Waals surface area contributed by atoms with Gasteiger partial charge in [0.2, 0.25) is 0 Å². The van der Waals surface area contributed by atoms with E-state index in [1.54, 1.807) is 14.2 Å². The van der Waals surface area contributed by atoms with Crippen LogP contribution in [-0.4, -0.2) is 43.0 Å². The molecule has 31 heavy (non-hydrogen) atoms. The molecule has 0 saturated heterocycles. The third-order valence-electron chi connectivity index (χ3n) is 5.86. The normalized spacial score (nSPS) is 15.3. The molecular weight excluding hydrogens is 392 g/mol. The zero-order valence-corrected chi connectivity index (χ0v) is 18.5. The second-order valence-corrected chi connectivity index (χ2v) is 7.92. The molecule has 0 bridgehead atoms. The second-order valence-electron chi connectivity index (χ2n) is 7.92. The Labute approximate surface area is 182 Å². The maximum absolute atomic E-state index is 12.9. The molecule has 1 aliphatic heterocycles. The number of ether oxygens (including phenoxy) is 2. The number of fused-ring (bicyclic) bond motifs is 1. The lowest BCUT2D eigenvalue weighted by Crippen LogP contribution is -3.12. The summed E-state index contributed by atoms with van der Waals surface area (Å²) in [5.41, 5.74) is 5.97. The summed E-state index contributed by atoms with van der Waals surface area (Å²) in [7, 11) is 3.30. The van der Waals surface area contributed by atoms with Gasteiger partial charge < -0.3 is 19.7 Å². The van der Waals surface area contributed by atoms with Crippen molar-refractivity contribution in [2.45, 2.75) is 26.8 Å². The molecular formula is C24H29N4O3+. The molecule has 2 aromatic carbocycles. The average molecular weight is 422 g/mol. The number of amides is 1. The largest absolute Gasteiger partial charge is 0.493 e. The number of para-hydroxylation sites is 1. The molecule has 1 aliphatic rings. The van der Waals surface area contributed by atoms with Gasteiger partial charge >= 0.3 is 0 Å². The Morgan fingerprint density at radius 1 is 1.10 bits per heavy atom. The fourth-order valence-electron chi connectivity index (χ4n) is 4.24. The second kappa shape index (κ2) is 8.81. The van der Waals surface area contributed by atoms with Crippen molar-refractivity contribution in [1.29, 1.82) is 0 Å².